The second kappa shape index (κ2) is 9.56. The third kappa shape index (κ3) is 4.30. The minimum Gasteiger partial charge on any atom is -0.494 e. The Balaban J connectivity index is 1.74. The molecular weight excluding hydrogens is 404 g/mol. The Hall–Kier alpha value is -3.80. The van der Waals surface area contributed by atoms with Gasteiger partial charge in [-0.15, -0.1) is 0 Å². The zero-order valence-electron chi connectivity index (χ0n) is 18.3. The molecular formula is C26H26N2O4. The summed E-state index contributed by atoms with van der Waals surface area (Å²) in [5, 5.41) is 0. The quantitative estimate of drug-likeness (QED) is 0.469. The molecule has 4 rings (SSSR count). The van der Waals surface area contributed by atoms with E-state index in [0.717, 1.165) is 11.3 Å². The van der Waals surface area contributed by atoms with Gasteiger partial charge < -0.3 is 14.1 Å². The van der Waals surface area contributed by atoms with E-state index < -0.39 is 0 Å². The third-order valence-corrected chi connectivity index (χ3v) is 5.41. The highest BCUT2D eigenvalue weighted by atomic mass is 16.5. The van der Waals surface area contributed by atoms with Crippen LogP contribution >= 0.6 is 0 Å². The van der Waals surface area contributed by atoms with Crippen molar-refractivity contribution in [1.82, 2.24) is 9.80 Å². The van der Waals surface area contributed by atoms with Gasteiger partial charge in [0.1, 0.15) is 17.2 Å². The van der Waals surface area contributed by atoms with E-state index in [2.05, 4.69) is 0 Å². The summed E-state index contributed by atoms with van der Waals surface area (Å²) in [5.74, 6) is 0.648. The van der Waals surface area contributed by atoms with Crippen molar-refractivity contribution in [3.05, 3.63) is 95.6 Å². The van der Waals surface area contributed by atoms with Gasteiger partial charge in [-0.25, -0.2) is 0 Å². The second-order valence-electron chi connectivity index (χ2n) is 7.46. The molecule has 3 aromatic rings. The van der Waals surface area contributed by atoms with Crippen molar-refractivity contribution in [2.45, 2.75) is 26.9 Å². The first-order valence-electron chi connectivity index (χ1n) is 10.8. The average molecular weight is 431 g/mol. The fourth-order valence-corrected chi connectivity index (χ4v) is 3.86. The molecule has 2 amide bonds. The molecule has 0 N–H and O–H groups in total. The van der Waals surface area contributed by atoms with E-state index >= 15 is 0 Å². The maximum Gasteiger partial charge on any atom is 0.278 e. The van der Waals surface area contributed by atoms with Crippen LogP contribution in [0.3, 0.4) is 0 Å². The number of likely N-dealkylation sites (N-methyl/N-ethyl adjacent to an activating group) is 1. The van der Waals surface area contributed by atoms with Crippen molar-refractivity contribution in [1.29, 1.82) is 0 Å². The molecule has 2 heterocycles. The number of hydrogen-bond donors (Lipinski definition) is 0. The molecule has 0 saturated carbocycles. The molecule has 0 radical (unpaired) electrons. The molecule has 0 saturated heterocycles. The molecule has 1 aromatic heterocycles. The standard InChI is InChI=1S/C26H26N2O4/c1-3-27(17-19-9-6-5-7-10-19)24-23(20-12-14-21(15-13-20)31-4-2)25(29)28(26(24)30)18-22-11-8-16-32-22/h5-16H,3-4,17-18H2,1-2H3. The molecule has 32 heavy (non-hydrogen) atoms. The summed E-state index contributed by atoms with van der Waals surface area (Å²) in [5.41, 5.74) is 2.58. The maximum absolute atomic E-state index is 13.5. The second-order valence-corrected chi connectivity index (χ2v) is 7.46. The summed E-state index contributed by atoms with van der Waals surface area (Å²) in [6.07, 6.45) is 1.54. The van der Waals surface area contributed by atoms with Gasteiger partial charge in [0.05, 0.1) is 25.0 Å². The highest BCUT2D eigenvalue weighted by Crippen LogP contribution is 2.34. The van der Waals surface area contributed by atoms with Gasteiger partial charge in [-0.3, -0.25) is 14.5 Å². The van der Waals surface area contributed by atoms with Crippen molar-refractivity contribution in [2.75, 3.05) is 13.2 Å². The van der Waals surface area contributed by atoms with E-state index in [9.17, 15) is 9.59 Å². The van der Waals surface area contributed by atoms with E-state index in [-0.39, 0.29) is 18.4 Å². The van der Waals surface area contributed by atoms with Crippen LogP contribution in [0.1, 0.15) is 30.7 Å². The van der Waals surface area contributed by atoms with Crippen LogP contribution in [0, 0.1) is 0 Å². The molecule has 2 aromatic carbocycles. The summed E-state index contributed by atoms with van der Waals surface area (Å²) >= 11 is 0. The van der Waals surface area contributed by atoms with E-state index in [1.165, 1.54) is 11.2 Å². The zero-order chi connectivity index (χ0) is 22.5. The highest BCUT2D eigenvalue weighted by Gasteiger charge is 2.41. The number of furan rings is 1. The lowest BCUT2D eigenvalue weighted by atomic mass is 10.0. The lowest BCUT2D eigenvalue weighted by Gasteiger charge is -2.24. The van der Waals surface area contributed by atoms with Gasteiger partial charge in [0.15, 0.2) is 0 Å². The number of rotatable bonds is 9. The zero-order valence-corrected chi connectivity index (χ0v) is 18.3. The van der Waals surface area contributed by atoms with Gasteiger partial charge in [0, 0.05) is 13.1 Å². The van der Waals surface area contributed by atoms with Crippen LogP contribution in [0.5, 0.6) is 5.75 Å². The molecule has 0 spiro atoms. The van der Waals surface area contributed by atoms with Crippen LogP contribution in [-0.4, -0.2) is 34.8 Å². The Morgan fingerprint density at radius 2 is 1.66 bits per heavy atom. The SMILES string of the molecule is CCOc1ccc(C2=C(N(CC)Cc3ccccc3)C(=O)N(Cc3ccco3)C2=O)cc1. The van der Waals surface area contributed by atoms with Crippen LogP contribution < -0.4 is 4.74 Å². The van der Waals surface area contributed by atoms with Crippen LogP contribution in [0.4, 0.5) is 0 Å². The Kier molecular flexibility index (Phi) is 6.40. The Labute approximate surface area is 187 Å². The molecule has 1 aliphatic rings. The van der Waals surface area contributed by atoms with E-state index in [0.29, 0.717) is 42.3 Å². The lowest BCUT2D eigenvalue weighted by Crippen LogP contribution is -2.34. The smallest absolute Gasteiger partial charge is 0.278 e. The molecule has 0 atom stereocenters. The molecule has 0 bridgehead atoms. The number of imide groups is 1. The van der Waals surface area contributed by atoms with E-state index in [4.69, 9.17) is 9.15 Å². The number of carbonyl (C=O) groups excluding carboxylic acids is 2. The highest BCUT2D eigenvalue weighted by molar-refractivity contribution is 6.35. The number of benzene rings is 2. The maximum atomic E-state index is 13.5. The Morgan fingerprint density at radius 3 is 2.28 bits per heavy atom. The molecule has 6 nitrogen and oxygen atoms in total. The largest absolute Gasteiger partial charge is 0.494 e. The van der Waals surface area contributed by atoms with E-state index in [1.54, 1.807) is 12.1 Å². The average Bonchev–Trinajstić information content (AvgIpc) is 3.41. The molecule has 1 aliphatic heterocycles. The first-order valence-corrected chi connectivity index (χ1v) is 10.8. The van der Waals surface area contributed by atoms with Crippen LogP contribution in [-0.2, 0) is 22.7 Å². The van der Waals surface area contributed by atoms with Crippen molar-refractivity contribution in [3.63, 3.8) is 0 Å². The first kappa shape index (κ1) is 21.4. The van der Waals surface area contributed by atoms with Gasteiger partial charge in [-0.2, -0.15) is 0 Å². The number of nitrogens with zero attached hydrogens (tertiary/aromatic N) is 2. The monoisotopic (exact) mass is 430 g/mol. The minimum atomic E-state index is -0.322. The summed E-state index contributed by atoms with van der Waals surface area (Å²) in [6.45, 7) is 5.67. The third-order valence-electron chi connectivity index (χ3n) is 5.41. The topological polar surface area (TPSA) is 63.0 Å². The van der Waals surface area contributed by atoms with Crippen LogP contribution in [0.15, 0.2) is 83.1 Å². The minimum absolute atomic E-state index is 0.0948. The van der Waals surface area contributed by atoms with Crippen molar-refractivity contribution in [2.24, 2.45) is 0 Å². The molecule has 6 heteroatoms. The number of hydrogen-bond acceptors (Lipinski definition) is 5. The van der Waals surface area contributed by atoms with Crippen LogP contribution in [0.2, 0.25) is 0 Å². The summed E-state index contributed by atoms with van der Waals surface area (Å²) in [6, 6.07) is 20.7. The first-order chi connectivity index (χ1) is 15.6. The fraction of sp³-hybridized carbons (Fsp3) is 0.231. The number of amides is 2. The Bertz CT molecular complexity index is 1100. The Morgan fingerprint density at radius 1 is 0.906 bits per heavy atom. The van der Waals surface area contributed by atoms with Gasteiger partial charge in [0.25, 0.3) is 11.8 Å². The van der Waals surface area contributed by atoms with Crippen molar-refractivity contribution >= 4 is 17.4 Å². The van der Waals surface area contributed by atoms with Crippen molar-refractivity contribution < 1.29 is 18.7 Å². The van der Waals surface area contributed by atoms with Crippen LogP contribution in [0.25, 0.3) is 5.57 Å². The number of carbonyl (C=O) groups is 2. The van der Waals surface area contributed by atoms with Gasteiger partial charge in [-0.1, -0.05) is 42.5 Å². The normalized spacial score (nSPS) is 13.8. The van der Waals surface area contributed by atoms with Gasteiger partial charge >= 0.3 is 0 Å². The fourth-order valence-electron chi connectivity index (χ4n) is 3.86. The summed E-state index contributed by atoms with van der Waals surface area (Å²) in [7, 11) is 0. The van der Waals surface area contributed by atoms with Crippen molar-refractivity contribution in [3.8, 4) is 5.75 Å². The molecule has 164 valence electrons. The summed E-state index contributed by atoms with van der Waals surface area (Å²) in [4.78, 5) is 30.2. The molecule has 0 fully saturated rings. The van der Waals surface area contributed by atoms with E-state index in [1.807, 2.05) is 73.3 Å². The number of ether oxygens (including phenoxy) is 1. The van der Waals surface area contributed by atoms with Gasteiger partial charge in [0.2, 0.25) is 0 Å². The molecule has 0 unspecified atom stereocenters. The predicted molar refractivity (Wildman–Crippen MR) is 121 cm³/mol. The predicted octanol–water partition coefficient (Wildman–Crippen LogP) is 4.48. The summed E-state index contributed by atoms with van der Waals surface area (Å²) < 4.78 is 10.9. The molecule has 0 aliphatic carbocycles. The van der Waals surface area contributed by atoms with Gasteiger partial charge in [-0.05, 0) is 49.2 Å². The lowest BCUT2D eigenvalue weighted by molar-refractivity contribution is -0.138.